The van der Waals surface area contributed by atoms with Crippen molar-refractivity contribution in [2.45, 2.75) is 174 Å². The summed E-state index contributed by atoms with van der Waals surface area (Å²) >= 11 is 12.2. The van der Waals surface area contributed by atoms with Gasteiger partial charge in [0.15, 0.2) is 0 Å². The number of carbonyl (C=O) groups excluding carboxylic acids is 7. The van der Waals surface area contributed by atoms with Gasteiger partial charge in [-0.3, -0.25) is 37.9 Å². The minimum Gasteiger partial charge on any atom is -0.744 e. The van der Waals surface area contributed by atoms with Gasteiger partial charge >= 0.3 is 0 Å². The van der Waals surface area contributed by atoms with Crippen molar-refractivity contribution in [3.63, 3.8) is 0 Å². The van der Waals surface area contributed by atoms with Gasteiger partial charge in [-0.15, -0.1) is 0 Å². The van der Waals surface area contributed by atoms with Crippen molar-refractivity contribution < 1.29 is 70.3 Å². The number of methoxy groups -OCH3 is 2. The number of allylic oxidation sites excluding steroid dienone is 3. The van der Waals surface area contributed by atoms with Gasteiger partial charge in [-0.25, -0.2) is 17.6 Å². The fourth-order valence-corrected chi connectivity index (χ4v) is 23.0. The number of nitrogens with zero attached hydrogens (tertiary/aromatic N) is 6. The average Bonchev–Trinajstić information content (AvgIpc) is 1.01. The summed E-state index contributed by atoms with van der Waals surface area (Å²) in [6, 6.07) is 55.1. The van der Waals surface area contributed by atoms with Crippen LogP contribution in [0, 0.1) is 20.8 Å². The third-order valence-electron chi connectivity index (χ3n) is 29.6. The van der Waals surface area contributed by atoms with E-state index in [-0.39, 0.29) is 58.4 Å². The number of unbranched alkanes of at least 4 members (excludes halogenated alkanes) is 4. The van der Waals surface area contributed by atoms with Gasteiger partial charge in [0, 0.05) is 187 Å². The number of fused-ring (bicyclic) bond motifs is 8. The van der Waals surface area contributed by atoms with Gasteiger partial charge < -0.3 is 64.1 Å². The Morgan fingerprint density at radius 2 is 1.15 bits per heavy atom. The van der Waals surface area contributed by atoms with Crippen molar-refractivity contribution in [2.24, 2.45) is 0 Å². The fourth-order valence-electron chi connectivity index (χ4n) is 22.2. The summed E-state index contributed by atoms with van der Waals surface area (Å²) in [4.78, 5) is 98.3. The lowest BCUT2D eigenvalue weighted by molar-refractivity contribution is -0.255. The van der Waals surface area contributed by atoms with E-state index in [2.05, 4.69) is 103 Å². The Labute approximate surface area is 860 Å². The number of rotatable bonds is 33. The third kappa shape index (κ3) is 20.9. The maximum absolute atomic E-state index is 13.7. The van der Waals surface area contributed by atoms with Crippen molar-refractivity contribution in [1.82, 2.24) is 39.6 Å². The first-order chi connectivity index (χ1) is 70.5. The van der Waals surface area contributed by atoms with Gasteiger partial charge in [-0.1, -0.05) is 85.9 Å². The summed E-state index contributed by atoms with van der Waals surface area (Å²) in [6.07, 6.45) is 19.1. The molecule has 4 N–H and O–H groups in total. The smallest absolute Gasteiger partial charge is 0.262 e. The number of halogens is 2. The Balaban J connectivity index is 0.000000192. The normalized spacial score (nSPS) is 14.5. The van der Waals surface area contributed by atoms with Crippen LogP contribution in [0.4, 0.5) is 11.4 Å². The number of carboxylic acids is 1. The predicted molar refractivity (Wildman–Crippen MR) is 569 cm³/mol. The molecule has 7 aliphatic heterocycles. The number of hydrogen-bond donors (Lipinski definition) is 4. The number of aryl methyl sites for hydroxylation is 2. The van der Waals surface area contributed by atoms with Crippen molar-refractivity contribution in [1.29, 1.82) is 0 Å². The van der Waals surface area contributed by atoms with Gasteiger partial charge in [0.1, 0.15) is 70.8 Å². The highest BCUT2D eigenvalue weighted by Gasteiger charge is 2.42. The lowest BCUT2D eigenvalue weighted by Gasteiger charge is -2.39. The van der Waals surface area contributed by atoms with E-state index < -0.39 is 27.4 Å². The van der Waals surface area contributed by atoms with E-state index in [4.69, 9.17) is 41.8 Å². The summed E-state index contributed by atoms with van der Waals surface area (Å²) in [5.74, 6) is 1.79. The van der Waals surface area contributed by atoms with E-state index in [0.29, 0.717) is 138 Å². The second-order valence-electron chi connectivity index (χ2n) is 39.0. The van der Waals surface area contributed by atoms with Crippen LogP contribution in [0.5, 0.6) is 23.0 Å². The van der Waals surface area contributed by atoms with E-state index in [0.717, 1.165) is 204 Å². The van der Waals surface area contributed by atoms with Gasteiger partial charge in [-0.2, -0.15) is 0 Å². The van der Waals surface area contributed by atoms with E-state index in [1.54, 1.807) is 102 Å². The quantitative estimate of drug-likeness (QED) is 0.0169. The van der Waals surface area contributed by atoms with Gasteiger partial charge in [0.2, 0.25) is 28.4 Å². The number of amides is 4. The van der Waals surface area contributed by atoms with Crippen molar-refractivity contribution in [3.8, 4) is 45.4 Å². The first-order valence-corrected chi connectivity index (χ1v) is 53.0. The number of anilines is 2. The van der Waals surface area contributed by atoms with E-state index in [1.807, 2.05) is 88.4 Å². The third-order valence-corrected chi connectivity index (χ3v) is 30.9. The van der Waals surface area contributed by atoms with E-state index in [1.165, 1.54) is 51.5 Å². The molecule has 9 heterocycles. The van der Waals surface area contributed by atoms with Crippen LogP contribution >= 0.6 is 23.2 Å². The molecule has 0 radical (unpaired) electrons. The van der Waals surface area contributed by atoms with Crippen molar-refractivity contribution in [2.75, 3.05) is 96.0 Å². The van der Waals surface area contributed by atoms with Crippen LogP contribution in [0.15, 0.2) is 209 Å². The molecule has 754 valence electrons. The summed E-state index contributed by atoms with van der Waals surface area (Å²) in [5.41, 5.74) is 19.9. The monoisotopic (exact) mass is 2020 g/mol. The molecule has 8 aliphatic rings. The molecular weight excluding hydrogens is 1900 g/mol. The van der Waals surface area contributed by atoms with Gasteiger partial charge in [0.25, 0.3) is 17.7 Å². The zero-order valence-corrected chi connectivity index (χ0v) is 86.4. The maximum Gasteiger partial charge on any atom is 0.262 e. The molecule has 0 bridgehead atoms. The Hall–Kier alpha value is -14.2. The lowest BCUT2D eigenvalue weighted by Crippen LogP contribution is -2.45. The highest BCUT2D eigenvalue weighted by Crippen LogP contribution is 2.52. The minimum atomic E-state index is -4.69. The van der Waals surface area contributed by atoms with E-state index in [9.17, 15) is 51.6 Å². The summed E-state index contributed by atoms with van der Waals surface area (Å²) < 4.78 is 69.5. The minimum absolute atomic E-state index is 0.0358. The van der Waals surface area contributed by atoms with Crippen LogP contribution in [-0.2, 0) is 68.4 Å². The fraction of sp³-hybridized carbons (Fsp3) is 0.331. The molecule has 0 saturated heterocycles. The molecule has 19 rings (SSSR count). The summed E-state index contributed by atoms with van der Waals surface area (Å²) in [7, 11) is -1.54. The molecule has 28 heteroatoms. The molecule has 1 aliphatic carbocycles. The number of ether oxygens (including phenoxy) is 3. The highest BCUT2D eigenvalue weighted by atomic mass is 35.5. The van der Waals surface area contributed by atoms with Crippen LogP contribution in [0.1, 0.15) is 219 Å². The molecule has 9 aromatic carbocycles. The first kappa shape index (κ1) is 102. The molecular formula is C118H122Cl2N10O15S. The largest absolute Gasteiger partial charge is 0.744 e. The number of carbonyl (C=O) groups is 7. The van der Waals surface area contributed by atoms with Crippen LogP contribution < -0.4 is 75.5 Å². The summed E-state index contributed by atoms with van der Waals surface area (Å²) in [6.45, 7) is 22.1. The van der Waals surface area contributed by atoms with Crippen LogP contribution in [0.2, 0.25) is 10.0 Å². The number of aromatic carboxylic acids is 1. The van der Waals surface area contributed by atoms with Gasteiger partial charge in [-0.05, 0) is 296 Å². The molecule has 146 heavy (non-hydrogen) atoms. The Morgan fingerprint density at radius 3 is 1.75 bits per heavy atom. The predicted octanol–water partition coefficient (Wildman–Crippen LogP) is 17.2. The van der Waals surface area contributed by atoms with E-state index >= 15 is 0 Å². The molecule has 25 nitrogen and oxygen atoms in total. The number of hydrogen-bond acceptors (Lipinski definition) is 17. The molecule has 0 saturated carbocycles. The molecule has 0 atom stereocenters. The lowest BCUT2D eigenvalue weighted by atomic mass is 9.81. The molecule has 4 amide bonds. The number of aromatic nitrogens is 2. The van der Waals surface area contributed by atoms with Crippen LogP contribution in [-0.4, -0.2) is 150 Å². The summed E-state index contributed by atoms with van der Waals surface area (Å²) in [5, 5.41) is 31.1. The van der Waals surface area contributed by atoms with Crippen molar-refractivity contribution in [3.05, 3.63) is 321 Å². The highest BCUT2D eigenvalue weighted by molar-refractivity contribution is 7.85. The number of benzene rings is 10. The van der Waals surface area contributed by atoms with Crippen molar-refractivity contribution >= 4 is 120 Å². The standard InChI is InChI=1S/C62H68ClN5O8S.C56H54ClN5O7/c1-8-66(9-2)46-28-31-49-56(37-46)76-55(41(3)60(49)43-19-12-10-13-20-43)21-18-22-57-62(5,6)52-39-48(77(72,73)74)30-33-54(52)67(57)36-17-11-14-23-58(69)64-34-15-16-35-65-59(70)40-50-42(4)68(53-32-29-47(75-7)38-51(50)53)61(71)44-24-26-45(63)27-25-44;1-32-42(43-30-38(68-2)18-20-47(43)62(32)55(65)33-13-16-37(57)17-14-33)31-48(63)58-21-3-4-22-59-54(64)36-15-19-39(44(29-36)56(66)67)49-45-27-34-9-5-23-60-25-7-11-40(50(34)60)52(45)69-53-41-12-8-26-61-24-6-10-35(51(41)61)28-46(49)53/h10,12-13,18-22,24-33,37-39H,8-9,11,14-17,23,34-36,40H2,1-7H3,(H2-,64,65,69,70,72,73,74);13-20,27-30H,3-12,21-26,31H2,1-2H3,(H2-,58,59,63,64,66,67). The average molecular weight is 2020 g/mol. The first-order valence-electron chi connectivity index (χ1n) is 50.8. The van der Waals surface area contributed by atoms with Crippen LogP contribution in [0.3, 0.4) is 0 Å². The Bertz CT molecular complexity index is 7730. The second-order valence-corrected chi connectivity index (χ2v) is 41.2. The zero-order chi connectivity index (χ0) is 103. The Kier molecular flexibility index (Phi) is 30.7. The molecule has 0 spiro atoms. The molecule has 0 unspecified atom stereocenters. The Morgan fingerprint density at radius 1 is 0.575 bits per heavy atom. The second kappa shape index (κ2) is 44.0. The molecule has 0 fully saturated rings. The number of nitrogens with one attached hydrogen (secondary N) is 4. The maximum atomic E-state index is 13.7. The number of carboxylic acid groups (broad SMARTS) is 1. The van der Waals surface area contributed by atoms with Crippen LogP contribution in [0.25, 0.3) is 55.9 Å². The molecule has 11 aromatic rings. The zero-order valence-electron chi connectivity index (χ0n) is 84.0. The van der Waals surface area contributed by atoms with Gasteiger partial charge in [0.05, 0.1) is 60.6 Å². The topological polar surface area (TPSA) is 311 Å². The SMILES string of the molecule is CC[N+](CC)=c1ccc2c(-c3ccccc3)c(C)c(/C=C/C=C3/N(CCCCCC(=O)NCCCCNC(=O)Cc4c(C)n(C(=O)c5ccc(Cl)cc5)c5ccc(OC)cc45)c4ccc(S(=O)(=O)[O-])cc4C3(C)C)oc-2c1.COc1ccc2c(c1)c(CC(=O)NCCCCNC(=O)c1ccc(C3=c4cc5c6c(c4Oc4c3cc3c7c4CCCN7CCC3)CCC[N+]=6CCC5)c(C(=O)[O-])c1)c(C)n2C(=O)c1ccc(Cl)cc1. The molecule has 2 aromatic heterocycles.